The lowest BCUT2D eigenvalue weighted by atomic mass is 9.60. The van der Waals surface area contributed by atoms with E-state index in [9.17, 15) is 0 Å². The van der Waals surface area contributed by atoms with Crippen molar-refractivity contribution >= 4 is 0 Å². The zero-order chi connectivity index (χ0) is 8.84. The van der Waals surface area contributed by atoms with Gasteiger partial charge < -0.3 is 5.73 Å². The summed E-state index contributed by atoms with van der Waals surface area (Å²) in [4.78, 5) is 0. The van der Waals surface area contributed by atoms with Crippen molar-refractivity contribution in [3.8, 4) is 0 Å². The molecule has 1 nitrogen and oxygen atoms in total. The summed E-state index contributed by atoms with van der Waals surface area (Å²) in [6, 6.07) is 9.36. The molecule has 0 aromatic heterocycles. The van der Waals surface area contributed by atoms with Crippen LogP contribution < -0.4 is 5.73 Å². The Hall–Kier alpha value is -0.820. The lowest BCUT2D eigenvalue weighted by Gasteiger charge is -2.47. The van der Waals surface area contributed by atoms with E-state index in [1.54, 1.807) is 11.1 Å². The topological polar surface area (TPSA) is 26.0 Å². The molecule has 0 radical (unpaired) electrons. The third kappa shape index (κ3) is 0.969. The number of aryl methyl sites for hydroxylation is 1. The fourth-order valence-corrected chi connectivity index (χ4v) is 2.96. The first-order valence-electron chi connectivity index (χ1n) is 5.19. The van der Waals surface area contributed by atoms with Gasteiger partial charge in [-0.25, -0.2) is 0 Å². The predicted octanol–water partition coefficient (Wildman–Crippen LogP) is 2.06. The van der Waals surface area contributed by atoms with E-state index < -0.39 is 0 Å². The van der Waals surface area contributed by atoms with Gasteiger partial charge in [0, 0.05) is 6.04 Å². The van der Waals surface area contributed by atoms with E-state index in [-0.39, 0.29) is 0 Å². The van der Waals surface area contributed by atoms with E-state index in [4.69, 9.17) is 5.73 Å². The molecular weight excluding hydrogens is 158 g/mol. The molecule has 0 bridgehead atoms. The summed E-state index contributed by atoms with van der Waals surface area (Å²) in [6.07, 6.45) is 3.76. The lowest BCUT2D eigenvalue weighted by molar-refractivity contribution is 0.179. The van der Waals surface area contributed by atoms with Crippen molar-refractivity contribution in [1.29, 1.82) is 0 Å². The first kappa shape index (κ1) is 7.57. The lowest BCUT2D eigenvalue weighted by Crippen LogP contribution is -2.47. The average Bonchev–Trinajstić information content (AvgIpc) is 2.16. The van der Waals surface area contributed by atoms with E-state index in [0.29, 0.717) is 6.04 Å². The van der Waals surface area contributed by atoms with Crippen LogP contribution in [0.3, 0.4) is 0 Å². The second kappa shape index (κ2) is 2.58. The van der Waals surface area contributed by atoms with Crippen LogP contribution >= 0.6 is 0 Å². The van der Waals surface area contributed by atoms with E-state index in [1.165, 1.54) is 19.3 Å². The van der Waals surface area contributed by atoms with Gasteiger partial charge in [-0.15, -0.1) is 0 Å². The SMILES string of the molecule is N[C@@H]1C[C@H]2c3ccccc3CC[C@H]12. The summed E-state index contributed by atoms with van der Waals surface area (Å²) in [5.74, 6) is 1.58. The number of hydrogen-bond acceptors (Lipinski definition) is 1. The van der Waals surface area contributed by atoms with Crippen molar-refractivity contribution in [1.82, 2.24) is 0 Å². The van der Waals surface area contributed by atoms with Crippen molar-refractivity contribution in [2.45, 2.75) is 31.2 Å². The number of rotatable bonds is 0. The first-order valence-corrected chi connectivity index (χ1v) is 5.19. The van der Waals surface area contributed by atoms with Crippen LogP contribution in [0.2, 0.25) is 0 Å². The van der Waals surface area contributed by atoms with Crippen LogP contribution in [0.25, 0.3) is 0 Å². The Labute approximate surface area is 78.9 Å². The van der Waals surface area contributed by atoms with Gasteiger partial charge >= 0.3 is 0 Å². The molecule has 3 atom stereocenters. The predicted molar refractivity (Wildman–Crippen MR) is 53.6 cm³/mol. The van der Waals surface area contributed by atoms with Gasteiger partial charge in [-0.1, -0.05) is 24.3 Å². The smallest absolute Gasteiger partial charge is 0.00790 e. The van der Waals surface area contributed by atoms with Crippen molar-refractivity contribution < 1.29 is 0 Å². The van der Waals surface area contributed by atoms with Gasteiger partial charge in [-0.3, -0.25) is 0 Å². The first-order chi connectivity index (χ1) is 6.36. The van der Waals surface area contributed by atoms with E-state index in [1.807, 2.05) is 0 Å². The molecule has 2 aliphatic rings. The van der Waals surface area contributed by atoms with Gasteiger partial charge in [-0.2, -0.15) is 0 Å². The third-order valence-corrected chi connectivity index (χ3v) is 3.79. The second-order valence-corrected chi connectivity index (χ2v) is 4.41. The number of nitrogens with two attached hydrogens (primary N) is 1. The van der Waals surface area contributed by atoms with Gasteiger partial charge in [0.25, 0.3) is 0 Å². The number of fused-ring (bicyclic) bond motifs is 3. The fraction of sp³-hybridized carbons (Fsp3) is 0.500. The summed E-state index contributed by atoms with van der Waals surface area (Å²) >= 11 is 0. The molecule has 0 spiro atoms. The van der Waals surface area contributed by atoms with Crippen LogP contribution in [0.15, 0.2) is 24.3 Å². The van der Waals surface area contributed by atoms with Crippen molar-refractivity contribution in [3.05, 3.63) is 35.4 Å². The van der Waals surface area contributed by atoms with Gasteiger partial charge in [-0.05, 0) is 42.2 Å². The fourth-order valence-electron chi connectivity index (χ4n) is 2.96. The Bertz CT molecular complexity index is 332. The van der Waals surface area contributed by atoms with Crippen molar-refractivity contribution in [2.24, 2.45) is 11.7 Å². The molecule has 2 aliphatic carbocycles. The highest BCUT2D eigenvalue weighted by Gasteiger charge is 2.42. The van der Waals surface area contributed by atoms with E-state index in [2.05, 4.69) is 24.3 Å². The number of hydrogen-bond donors (Lipinski definition) is 1. The Morgan fingerprint density at radius 3 is 2.92 bits per heavy atom. The Kier molecular flexibility index (Phi) is 1.50. The minimum absolute atomic E-state index is 0.485. The molecule has 2 N–H and O–H groups in total. The summed E-state index contributed by atoms with van der Waals surface area (Å²) in [6.45, 7) is 0. The molecule has 0 heterocycles. The minimum atomic E-state index is 0.485. The maximum absolute atomic E-state index is 5.99. The highest BCUT2D eigenvalue weighted by atomic mass is 14.7. The normalized spacial score (nSPS) is 35.9. The molecule has 13 heavy (non-hydrogen) atoms. The van der Waals surface area contributed by atoms with Crippen LogP contribution in [-0.4, -0.2) is 6.04 Å². The van der Waals surface area contributed by atoms with Gasteiger partial charge in [0.1, 0.15) is 0 Å². The zero-order valence-corrected chi connectivity index (χ0v) is 7.74. The molecule has 0 amide bonds. The summed E-state index contributed by atoms with van der Waals surface area (Å²) < 4.78 is 0. The Morgan fingerprint density at radius 2 is 2.08 bits per heavy atom. The highest BCUT2D eigenvalue weighted by molar-refractivity contribution is 5.36. The highest BCUT2D eigenvalue weighted by Crippen LogP contribution is 2.48. The molecule has 1 aromatic rings. The molecule has 1 aromatic carbocycles. The average molecular weight is 173 g/mol. The Morgan fingerprint density at radius 1 is 1.23 bits per heavy atom. The van der Waals surface area contributed by atoms with Crippen molar-refractivity contribution in [3.63, 3.8) is 0 Å². The van der Waals surface area contributed by atoms with E-state index >= 15 is 0 Å². The molecule has 0 saturated heterocycles. The number of benzene rings is 1. The molecule has 1 saturated carbocycles. The van der Waals surface area contributed by atoms with Crippen LogP contribution in [0.1, 0.15) is 29.9 Å². The van der Waals surface area contributed by atoms with Crippen LogP contribution in [0.4, 0.5) is 0 Å². The maximum atomic E-state index is 5.99. The quantitative estimate of drug-likeness (QED) is 0.638. The standard InChI is InChI=1S/C12H15N/c13-12-7-11-9-4-2-1-3-8(9)5-6-10(11)12/h1-4,10-12H,5-7,13H2/t10-,11-,12+/m0/s1. The minimum Gasteiger partial charge on any atom is -0.327 e. The largest absolute Gasteiger partial charge is 0.327 e. The molecule has 1 heteroatoms. The van der Waals surface area contributed by atoms with Crippen molar-refractivity contribution in [2.75, 3.05) is 0 Å². The molecule has 1 fully saturated rings. The molecular formula is C12H15N. The summed E-state index contributed by atoms with van der Waals surface area (Å²) in [5.41, 5.74) is 9.14. The summed E-state index contributed by atoms with van der Waals surface area (Å²) in [5, 5.41) is 0. The zero-order valence-electron chi connectivity index (χ0n) is 7.74. The molecule has 3 rings (SSSR count). The Balaban J connectivity index is 2.01. The van der Waals surface area contributed by atoms with Gasteiger partial charge in [0.15, 0.2) is 0 Å². The summed E-state index contributed by atoms with van der Waals surface area (Å²) in [7, 11) is 0. The van der Waals surface area contributed by atoms with Crippen LogP contribution in [0, 0.1) is 5.92 Å². The van der Waals surface area contributed by atoms with Gasteiger partial charge in [0.05, 0.1) is 0 Å². The third-order valence-electron chi connectivity index (χ3n) is 3.79. The molecule has 0 aliphatic heterocycles. The van der Waals surface area contributed by atoms with Crippen LogP contribution in [0.5, 0.6) is 0 Å². The second-order valence-electron chi connectivity index (χ2n) is 4.41. The van der Waals surface area contributed by atoms with Gasteiger partial charge in [0.2, 0.25) is 0 Å². The molecule has 68 valence electrons. The molecule has 0 unspecified atom stereocenters. The monoisotopic (exact) mass is 173 g/mol. The van der Waals surface area contributed by atoms with Crippen LogP contribution in [-0.2, 0) is 6.42 Å². The maximum Gasteiger partial charge on any atom is 0.00790 e. The van der Waals surface area contributed by atoms with E-state index in [0.717, 1.165) is 11.8 Å².